The molecule has 4 nitrogen and oxygen atoms in total. The molecule has 0 aliphatic heterocycles. The van der Waals surface area contributed by atoms with E-state index in [1.54, 1.807) is 13.2 Å². The molecule has 4 heteroatoms. The summed E-state index contributed by atoms with van der Waals surface area (Å²) < 4.78 is 11.0. The Kier molecular flexibility index (Phi) is 7.96. The van der Waals surface area contributed by atoms with E-state index in [1.807, 2.05) is 12.1 Å². The van der Waals surface area contributed by atoms with Crippen molar-refractivity contribution in [3.05, 3.63) is 29.3 Å². The third-order valence-electron chi connectivity index (χ3n) is 3.26. The van der Waals surface area contributed by atoms with E-state index in [0.29, 0.717) is 37.2 Å². The number of benzene rings is 1. The largest absolute Gasteiger partial charge is 0.496 e. The van der Waals surface area contributed by atoms with Crippen LogP contribution in [0.2, 0.25) is 0 Å². The summed E-state index contributed by atoms with van der Waals surface area (Å²) in [6.45, 7) is 10.3. The molecule has 0 saturated heterocycles. The molecule has 1 amide bonds. The first-order valence-electron chi connectivity index (χ1n) is 7.96. The fourth-order valence-electron chi connectivity index (χ4n) is 2.01. The number of hydrogen-bond donors (Lipinski definition) is 1. The van der Waals surface area contributed by atoms with Crippen LogP contribution in [-0.2, 0) is 11.3 Å². The van der Waals surface area contributed by atoms with Crippen molar-refractivity contribution in [2.24, 2.45) is 11.8 Å². The van der Waals surface area contributed by atoms with E-state index in [4.69, 9.17) is 9.47 Å². The van der Waals surface area contributed by atoms with Crippen molar-refractivity contribution < 1.29 is 14.3 Å². The highest BCUT2D eigenvalue weighted by molar-refractivity contribution is 5.94. The summed E-state index contributed by atoms with van der Waals surface area (Å²) in [6.07, 6.45) is 0.978. The molecule has 1 rings (SSSR count). The maximum Gasteiger partial charge on any atom is 0.251 e. The van der Waals surface area contributed by atoms with E-state index in [2.05, 4.69) is 33.0 Å². The molecule has 0 aliphatic carbocycles. The lowest BCUT2D eigenvalue weighted by Crippen LogP contribution is -2.25. The maximum atomic E-state index is 12.2. The maximum absolute atomic E-state index is 12.2. The van der Waals surface area contributed by atoms with Crippen LogP contribution < -0.4 is 10.1 Å². The number of methoxy groups -OCH3 is 1. The van der Waals surface area contributed by atoms with Crippen molar-refractivity contribution in [2.75, 3.05) is 20.3 Å². The molecule has 0 fully saturated rings. The van der Waals surface area contributed by atoms with Crippen LogP contribution in [0.3, 0.4) is 0 Å². The summed E-state index contributed by atoms with van der Waals surface area (Å²) >= 11 is 0. The zero-order valence-electron chi connectivity index (χ0n) is 14.4. The minimum atomic E-state index is -0.0478. The van der Waals surface area contributed by atoms with Crippen LogP contribution in [0.4, 0.5) is 0 Å². The topological polar surface area (TPSA) is 47.6 Å². The minimum Gasteiger partial charge on any atom is -0.496 e. The fraction of sp³-hybridized carbons (Fsp3) is 0.611. The molecule has 0 aromatic heterocycles. The van der Waals surface area contributed by atoms with Crippen molar-refractivity contribution in [1.82, 2.24) is 5.32 Å². The van der Waals surface area contributed by atoms with Gasteiger partial charge in [0.25, 0.3) is 5.91 Å². The summed E-state index contributed by atoms with van der Waals surface area (Å²) in [6, 6.07) is 5.46. The second-order valence-corrected chi connectivity index (χ2v) is 6.37. The monoisotopic (exact) mass is 307 g/mol. The normalized spacial score (nSPS) is 11.0. The summed E-state index contributed by atoms with van der Waals surface area (Å²) in [5.74, 6) is 1.76. The van der Waals surface area contributed by atoms with Crippen molar-refractivity contribution in [3.8, 4) is 5.75 Å². The number of ether oxygens (including phenoxy) is 2. The predicted octanol–water partition coefficient (Wildman–Crippen LogP) is 3.64. The van der Waals surface area contributed by atoms with Crippen molar-refractivity contribution in [2.45, 2.75) is 40.7 Å². The van der Waals surface area contributed by atoms with Crippen LogP contribution in [0.5, 0.6) is 5.75 Å². The number of carbonyl (C=O) groups is 1. The number of amides is 1. The van der Waals surface area contributed by atoms with E-state index in [-0.39, 0.29) is 5.91 Å². The Bertz CT molecular complexity index is 469. The molecule has 0 aliphatic rings. The average Bonchev–Trinajstić information content (AvgIpc) is 2.46. The Labute approximate surface area is 134 Å². The first-order valence-corrected chi connectivity index (χ1v) is 7.96. The van der Waals surface area contributed by atoms with Crippen LogP contribution in [0.25, 0.3) is 0 Å². The van der Waals surface area contributed by atoms with Gasteiger partial charge in [-0.15, -0.1) is 0 Å². The third kappa shape index (κ3) is 6.48. The second-order valence-electron chi connectivity index (χ2n) is 6.37. The van der Waals surface area contributed by atoms with Gasteiger partial charge < -0.3 is 14.8 Å². The van der Waals surface area contributed by atoms with E-state index in [1.165, 1.54) is 0 Å². The molecular formula is C18H29NO3. The van der Waals surface area contributed by atoms with E-state index in [0.717, 1.165) is 17.7 Å². The number of rotatable bonds is 9. The van der Waals surface area contributed by atoms with Gasteiger partial charge in [0.1, 0.15) is 5.75 Å². The summed E-state index contributed by atoms with van der Waals surface area (Å²) in [5.41, 5.74) is 1.55. The predicted molar refractivity (Wildman–Crippen MR) is 89.3 cm³/mol. The lowest BCUT2D eigenvalue weighted by molar-refractivity contribution is 0.0938. The lowest BCUT2D eigenvalue weighted by Gasteiger charge is -2.13. The van der Waals surface area contributed by atoms with Crippen molar-refractivity contribution in [1.29, 1.82) is 0 Å². The van der Waals surface area contributed by atoms with Gasteiger partial charge in [0.2, 0.25) is 0 Å². The van der Waals surface area contributed by atoms with Gasteiger partial charge in [-0.05, 0) is 36.5 Å². The smallest absolute Gasteiger partial charge is 0.251 e. The number of carbonyl (C=O) groups excluding carboxylic acids is 1. The molecule has 0 bridgehead atoms. The SMILES string of the molecule is COc1ccc(C(=O)NCCC(C)C)cc1COCC(C)C. The molecule has 124 valence electrons. The van der Waals surface area contributed by atoms with Gasteiger partial charge in [-0.25, -0.2) is 0 Å². The first kappa shape index (κ1) is 18.5. The summed E-state index contributed by atoms with van der Waals surface area (Å²) in [5, 5.41) is 2.95. The van der Waals surface area contributed by atoms with Crippen LogP contribution in [0.15, 0.2) is 18.2 Å². The highest BCUT2D eigenvalue weighted by atomic mass is 16.5. The minimum absolute atomic E-state index is 0.0478. The van der Waals surface area contributed by atoms with Gasteiger partial charge >= 0.3 is 0 Å². The van der Waals surface area contributed by atoms with Crippen LogP contribution in [0.1, 0.15) is 50.0 Å². The van der Waals surface area contributed by atoms with Gasteiger partial charge in [0, 0.05) is 24.3 Å². The van der Waals surface area contributed by atoms with Gasteiger partial charge in [0.05, 0.1) is 13.7 Å². The highest BCUT2D eigenvalue weighted by Gasteiger charge is 2.10. The Hall–Kier alpha value is -1.55. The number of nitrogens with one attached hydrogen (secondary N) is 1. The molecule has 0 atom stereocenters. The molecule has 22 heavy (non-hydrogen) atoms. The van der Waals surface area contributed by atoms with Gasteiger partial charge in [0.15, 0.2) is 0 Å². The fourth-order valence-corrected chi connectivity index (χ4v) is 2.01. The molecule has 0 heterocycles. The summed E-state index contributed by atoms with van der Waals surface area (Å²) in [7, 11) is 1.63. The quantitative estimate of drug-likeness (QED) is 0.757. The zero-order valence-corrected chi connectivity index (χ0v) is 14.4. The first-order chi connectivity index (χ1) is 10.4. The van der Waals surface area contributed by atoms with E-state index in [9.17, 15) is 4.79 Å². The van der Waals surface area contributed by atoms with Crippen LogP contribution in [0, 0.1) is 11.8 Å². The number of hydrogen-bond acceptors (Lipinski definition) is 3. The average molecular weight is 307 g/mol. The van der Waals surface area contributed by atoms with Crippen LogP contribution in [-0.4, -0.2) is 26.2 Å². The molecule has 1 N–H and O–H groups in total. The Morgan fingerprint density at radius 1 is 1.18 bits per heavy atom. The van der Waals surface area contributed by atoms with E-state index < -0.39 is 0 Å². The van der Waals surface area contributed by atoms with Crippen LogP contribution >= 0.6 is 0 Å². The lowest BCUT2D eigenvalue weighted by atomic mass is 10.1. The Morgan fingerprint density at radius 3 is 2.50 bits per heavy atom. The van der Waals surface area contributed by atoms with Gasteiger partial charge in [-0.1, -0.05) is 27.7 Å². The molecule has 0 radical (unpaired) electrons. The zero-order chi connectivity index (χ0) is 16.5. The molecule has 1 aromatic rings. The third-order valence-corrected chi connectivity index (χ3v) is 3.26. The standard InChI is InChI=1S/C18H29NO3/c1-13(2)8-9-19-18(20)15-6-7-17(21-5)16(10-15)12-22-11-14(3)4/h6-7,10,13-14H,8-9,11-12H2,1-5H3,(H,19,20). The molecular weight excluding hydrogens is 278 g/mol. The molecule has 0 unspecified atom stereocenters. The molecule has 1 aromatic carbocycles. The van der Waals surface area contributed by atoms with Gasteiger partial charge in [-0.2, -0.15) is 0 Å². The molecule has 0 saturated carbocycles. The summed E-state index contributed by atoms with van der Waals surface area (Å²) in [4.78, 5) is 12.2. The highest BCUT2D eigenvalue weighted by Crippen LogP contribution is 2.21. The van der Waals surface area contributed by atoms with E-state index >= 15 is 0 Å². The molecule has 0 spiro atoms. The Balaban J connectivity index is 2.69. The van der Waals surface area contributed by atoms with Gasteiger partial charge in [-0.3, -0.25) is 4.79 Å². The van der Waals surface area contributed by atoms with Crippen molar-refractivity contribution >= 4 is 5.91 Å². The Morgan fingerprint density at radius 2 is 1.91 bits per heavy atom. The second kappa shape index (κ2) is 9.46. The van der Waals surface area contributed by atoms with Crippen molar-refractivity contribution in [3.63, 3.8) is 0 Å².